The lowest BCUT2D eigenvalue weighted by Gasteiger charge is -2.08. The first kappa shape index (κ1) is 22.1. The van der Waals surface area contributed by atoms with Crippen LogP contribution in [-0.2, 0) is 11.3 Å². The van der Waals surface area contributed by atoms with Gasteiger partial charge in [0.2, 0.25) is 0 Å². The first-order valence-corrected chi connectivity index (χ1v) is 9.23. The molecule has 0 unspecified atom stereocenters. The average Bonchev–Trinajstić information content (AvgIpc) is 2.78. The van der Waals surface area contributed by atoms with Gasteiger partial charge in [0.05, 0.1) is 21.0 Å². The van der Waals surface area contributed by atoms with E-state index in [1.807, 2.05) is 30.3 Å². The van der Waals surface area contributed by atoms with Crippen LogP contribution in [-0.4, -0.2) is 21.8 Å². The topological polar surface area (TPSA) is 139 Å². The van der Waals surface area contributed by atoms with E-state index in [9.17, 15) is 29.8 Å². The molecule has 10 nitrogen and oxygen atoms in total. The maximum Gasteiger partial charge on any atom is 0.344 e. The number of benzene rings is 3. The molecule has 32 heavy (non-hydrogen) atoms. The third-order valence-corrected chi connectivity index (χ3v) is 4.50. The van der Waals surface area contributed by atoms with Gasteiger partial charge in [-0.05, 0) is 36.8 Å². The van der Waals surface area contributed by atoms with E-state index in [0.717, 1.165) is 17.7 Å². The Bertz CT molecular complexity index is 1160. The van der Waals surface area contributed by atoms with Gasteiger partial charge in [0, 0.05) is 12.1 Å². The number of rotatable bonds is 7. The predicted molar refractivity (Wildman–Crippen MR) is 111 cm³/mol. The van der Waals surface area contributed by atoms with E-state index >= 15 is 0 Å². The summed E-state index contributed by atoms with van der Waals surface area (Å²) in [5.74, 6) is -1.55. The van der Waals surface area contributed by atoms with Crippen molar-refractivity contribution in [2.24, 2.45) is 0 Å². The second-order valence-corrected chi connectivity index (χ2v) is 6.63. The average molecular weight is 436 g/mol. The van der Waals surface area contributed by atoms with Gasteiger partial charge < -0.3 is 9.47 Å². The Balaban J connectivity index is 1.71. The molecule has 0 bridgehead atoms. The molecule has 0 aliphatic heterocycles. The van der Waals surface area contributed by atoms with E-state index in [4.69, 9.17) is 9.47 Å². The molecule has 0 fully saturated rings. The number of carbonyl (C=O) groups excluding carboxylic acids is 2. The third kappa shape index (κ3) is 5.11. The Labute approximate surface area is 181 Å². The van der Waals surface area contributed by atoms with Gasteiger partial charge in [-0.1, -0.05) is 30.3 Å². The fourth-order valence-corrected chi connectivity index (χ4v) is 2.81. The standard InChI is InChI=1S/C22H16N2O8/c1-14-19(23(27)28)11-17(12-20(14)24(29)30)22(26)32-18-9-7-16(8-10-18)21(25)31-13-15-5-3-2-4-6-15/h2-12H,13H2,1H3. The van der Waals surface area contributed by atoms with Crippen molar-refractivity contribution in [3.8, 4) is 5.75 Å². The second-order valence-electron chi connectivity index (χ2n) is 6.63. The van der Waals surface area contributed by atoms with Gasteiger partial charge in [-0.15, -0.1) is 0 Å². The molecule has 0 saturated heterocycles. The lowest BCUT2D eigenvalue weighted by Crippen LogP contribution is -2.11. The summed E-state index contributed by atoms with van der Waals surface area (Å²) in [4.78, 5) is 45.2. The number of nitro groups is 2. The van der Waals surface area contributed by atoms with Crippen LogP contribution >= 0.6 is 0 Å². The van der Waals surface area contributed by atoms with Gasteiger partial charge in [-0.25, -0.2) is 9.59 Å². The molecular formula is C22H16N2O8. The summed E-state index contributed by atoms with van der Waals surface area (Å²) in [5, 5.41) is 22.3. The summed E-state index contributed by atoms with van der Waals surface area (Å²) in [6.45, 7) is 1.32. The molecule has 0 amide bonds. The van der Waals surface area contributed by atoms with Gasteiger partial charge in [0.25, 0.3) is 11.4 Å². The second kappa shape index (κ2) is 9.47. The van der Waals surface area contributed by atoms with Crippen molar-refractivity contribution < 1.29 is 28.9 Å². The fraction of sp³-hybridized carbons (Fsp3) is 0.0909. The minimum atomic E-state index is -1.02. The molecular weight excluding hydrogens is 420 g/mol. The maximum atomic E-state index is 12.4. The summed E-state index contributed by atoms with van der Waals surface area (Å²) in [6, 6.07) is 16.4. The monoisotopic (exact) mass is 436 g/mol. The molecule has 0 aliphatic rings. The van der Waals surface area contributed by atoms with Crippen molar-refractivity contribution in [2.75, 3.05) is 0 Å². The Kier molecular flexibility index (Phi) is 6.54. The number of hydrogen-bond donors (Lipinski definition) is 0. The molecule has 0 saturated carbocycles. The Hall–Kier alpha value is -4.60. The summed E-state index contributed by atoms with van der Waals surface area (Å²) in [7, 11) is 0. The van der Waals surface area contributed by atoms with Crippen molar-refractivity contribution in [3.05, 3.63) is 109 Å². The van der Waals surface area contributed by atoms with Crippen molar-refractivity contribution >= 4 is 23.3 Å². The molecule has 0 heterocycles. The number of nitrogens with zero attached hydrogens (tertiary/aromatic N) is 2. The Morgan fingerprint density at radius 2 is 1.38 bits per heavy atom. The summed E-state index contributed by atoms with van der Waals surface area (Å²) in [6.07, 6.45) is 0. The van der Waals surface area contributed by atoms with Crippen molar-refractivity contribution in [1.82, 2.24) is 0 Å². The molecule has 10 heteroatoms. The molecule has 0 aliphatic carbocycles. The Morgan fingerprint density at radius 1 is 0.812 bits per heavy atom. The van der Waals surface area contributed by atoms with E-state index in [2.05, 4.69) is 0 Å². The smallest absolute Gasteiger partial charge is 0.344 e. The van der Waals surface area contributed by atoms with Crippen LogP contribution in [0.15, 0.2) is 66.7 Å². The zero-order valence-corrected chi connectivity index (χ0v) is 16.7. The van der Waals surface area contributed by atoms with Crippen LogP contribution in [0.4, 0.5) is 11.4 Å². The van der Waals surface area contributed by atoms with Gasteiger partial charge in [-0.2, -0.15) is 0 Å². The first-order valence-electron chi connectivity index (χ1n) is 9.23. The lowest BCUT2D eigenvalue weighted by atomic mass is 10.1. The highest BCUT2D eigenvalue weighted by Crippen LogP contribution is 2.30. The lowest BCUT2D eigenvalue weighted by molar-refractivity contribution is -0.395. The first-order chi connectivity index (χ1) is 15.3. The van der Waals surface area contributed by atoms with E-state index in [-0.39, 0.29) is 29.0 Å². The summed E-state index contributed by atoms with van der Waals surface area (Å²) >= 11 is 0. The van der Waals surface area contributed by atoms with Crippen molar-refractivity contribution in [1.29, 1.82) is 0 Å². The van der Waals surface area contributed by atoms with E-state index in [0.29, 0.717) is 0 Å². The Morgan fingerprint density at radius 3 is 1.91 bits per heavy atom. The minimum absolute atomic E-state index is 0.0421. The largest absolute Gasteiger partial charge is 0.457 e. The molecule has 0 N–H and O–H groups in total. The highest BCUT2D eigenvalue weighted by molar-refractivity contribution is 5.93. The van der Waals surface area contributed by atoms with E-state index in [1.54, 1.807) is 0 Å². The summed E-state index contributed by atoms with van der Waals surface area (Å²) in [5.41, 5.74) is -0.601. The molecule has 0 aromatic heterocycles. The van der Waals surface area contributed by atoms with Gasteiger partial charge in [0.1, 0.15) is 17.9 Å². The zero-order chi connectivity index (χ0) is 23.3. The fourth-order valence-electron chi connectivity index (χ4n) is 2.81. The van der Waals surface area contributed by atoms with Crippen LogP contribution in [0.25, 0.3) is 0 Å². The molecule has 0 atom stereocenters. The number of hydrogen-bond acceptors (Lipinski definition) is 8. The van der Waals surface area contributed by atoms with E-state index in [1.165, 1.54) is 31.2 Å². The van der Waals surface area contributed by atoms with Crippen LogP contribution in [0, 0.1) is 27.2 Å². The molecule has 3 rings (SSSR count). The summed E-state index contributed by atoms with van der Waals surface area (Å²) < 4.78 is 10.3. The number of nitro benzene ring substituents is 2. The SMILES string of the molecule is Cc1c([N+](=O)[O-])cc(C(=O)Oc2ccc(C(=O)OCc3ccccc3)cc2)cc1[N+](=O)[O-]. The maximum absolute atomic E-state index is 12.4. The molecule has 162 valence electrons. The predicted octanol–water partition coefficient (Wildman–Crippen LogP) is 4.39. The van der Waals surface area contributed by atoms with E-state index < -0.39 is 33.2 Å². The quantitative estimate of drug-likeness (QED) is 0.230. The third-order valence-electron chi connectivity index (χ3n) is 4.50. The van der Waals surface area contributed by atoms with Gasteiger partial charge in [-0.3, -0.25) is 20.2 Å². The zero-order valence-electron chi connectivity index (χ0n) is 16.7. The van der Waals surface area contributed by atoms with Crippen LogP contribution in [0.3, 0.4) is 0 Å². The molecule has 0 radical (unpaired) electrons. The minimum Gasteiger partial charge on any atom is -0.457 e. The van der Waals surface area contributed by atoms with Crippen LogP contribution < -0.4 is 4.74 Å². The highest BCUT2D eigenvalue weighted by Gasteiger charge is 2.26. The number of ether oxygens (including phenoxy) is 2. The van der Waals surface area contributed by atoms with Crippen LogP contribution in [0.2, 0.25) is 0 Å². The van der Waals surface area contributed by atoms with Crippen molar-refractivity contribution in [3.63, 3.8) is 0 Å². The molecule has 3 aromatic rings. The van der Waals surface area contributed by atoms with Crippen LogP contribution in [0.1, 0.15) is 31.8 Å². The normalized spacial score (nSPS) is 10.3. The molecule has 0 spiro atoms. The number of carbonyl (C=O) groups is 2. The molecule has 3 aromatic carbocycles. The number of esters is 2. The van der Waals surface area contributed by atoms with Crippen LogP contribution in [0.5, 0.6) is 5.75 Å². The highest BCUT2D eigenvalue weighted by atomic mass is 16.6. The van der Waals surface area contributed by atoms with Crippen molar-refractivity contribution in [2.45, 2.75) is 13.5 Å². The van der Waals surface area contributed by atoms with Gasteiger partial charge >= 0.3 is 11.9 Å². The van der Waals surface area contributed by atoms with Gasteiger partial charge in [0.15, 0.2) is 0 Å².